The number of hydrogen-bond acceptors (Lipinski definition) is 3. The predicted molar refractivity (Wildman–Crippen MR) is 86.5 cm³/mol. The lowest BCUT2D eigenvalue weighted by Gasteiger charge is -2.16. The molecule has 0 unspecified atom stereocenters. The summed E-state index contributed by atoms with van der Waals surface area (Å²) in [4.78, 5) is 10.4. The molecule has 1 aromatic rings. The fraction of sp³-hybridized carbons (Fsp3) is 0.733. The molecule has 2 N–H and O–H groups in total. The number of aromatic nitrogens is 1. The van der Waals surface area contributed by atoms with Crippen molar-refractivity contribution in [2.75, 3.05) is 7.05 Å². The number of aliphatic imine (C=N–C) groups is 1. The number of aryl methyl sites for hydroxylation is 1. The summed E-state index contributed by atoms with van der Waals surface area (Å²) in [5, 5.41) is 8.01. The molecule has 4 nitrogen and oxygen atoms in total. The summed E-state index contributed by atoms with van der Waals surface area (Å²) in [7, 11) is 1.83. The average Bonchev–Trinajstić information content (AvgIpc) is 3.03. The van der Waals surface area contributed by atoms with Crippen molar-refractivity contribution >= 4 is 17.3 Å². The zero-order valence-electron chi connectivity index (χ0n) is 13.0. The first-order valence-corrected chi connectivity index (χ1v) is 8.35. The van der Waals surface area contributed by atoms with Crippen molar-refractivity contribution in [1.82, 2.24) is 15.6 Å². The van der Waals surface area contributed by atoms with Crippen LogP contribution in [0.3, 0.4) is 0 Å². The third-order valence-corrected chi connectivity index (χ3v) is 4.74. The van der Waals surface area contributed by atoms with E-state index in [-0.39, 0.29) is 0 Å². The monoisotopic (exact) mass is 294 g/mol. The van der Waals surface area contributed by atoms with E-state index in [0.717, 1.165) is 17.5 Å². The summed E-state index contributed by atoms with van der Waals surface area (Å²) in [6.45, 7) is 7.30. The number of nitrogens with zero attached hydrogens (tertiary/aromatic N) is 2. The molecular formula is C15H26N4S. The average molecular weight is 294 g/mol. The molecule has 1 fully saturated rings. The Labute approximate surface area is 126 Å². The minimum Gasteiger partial charge on any atom is -0.354 e. The molecule has 1 aromatic heterocycles. The highest BCUT2D eigenvalue weighted by molar-refractivity contribution is 7.11. The molecule has 2 rings (SSSR count). The molecule has 1 aliphatic rings. The Hall–Kier alpha value is -1.10. The van der Waals surface area contributed by atoms with Crippen LogP contribution < -0.4 is 10.6 Å². The van der Waals surface area contributed by atoms with E-state index < -0.39 is 0 Å². The minimum atomic E-state index is 0.496. The van der Waals surface area contributed by atoms with Crippen molar-refractivity contribution in [3.05, 3.63) is 15.6 Å². The number of nitrogens with one attached hydrogen (secondary N) is 2. The Morgan fingerprint density at radius 2 is 2.10 bits per heavy atom. The van der Waals surface area contributed by atoms with Gasteiger partial charge in [0.15, 0.2) is 5.96 Å². The van der Waals surface area contributed by atoms with Crippen LogP contribution in [-0.4, -0.2) is 24.0 Å². The van der Waals surface area contributed by atoms with Crippen molar-refractivity contribution in [3.63, 3.8) is 0 Å². The highest BCUT2D eigenvalue weighted by Gasteiger charge is 2.16. The number of hydrogen-bond donors (Lipinski definition) is 2. The summed E-state index contributed by atoms with van der Waals surface area (Å²) in [5.41, 5.74) is 1.23. The van der Waals surface area contributed by atoms with Gasteiger partial charge in [0.2, 0.25) is 0 Å². The Bertz CT molecular complexity index is 458. The molecule has 0 bridgehead atoms. The molecular weight excluding hydrogens is 268 g/mol. The summed E-state index contributed by atoms with van der Waals surface area (Å²) in [5.74, 6) is 1.40. The molecule has 0 aromatic carbocycles. The van der Waals surface area contributed by atoms with Gasteiger partial charge < -0.3 is 10.6 Å². The van der Waals surface area contributed by atoms with Gasteiger partial charge >= 0.3 is 0 Å². The lowest BCUT2D eigenvalue weighted by atomic mass is 10.1. The van der Waals surface area contributed by atoms with Gasteiger partial charge in [-0.25, -0.2) is 4.98 Å². The van der Waals surface area contributed by atoms with E-state index in [1.165, 1.54) is 36.3 Å². The largest absolute Gasteiger partial charge is 0.354 e. The van der Waals surface area contributed by atoms with Gasteiger partial charge in [-0.15, -0.1) is 11.3 Å². The SMILES string of the molecule is CN=C(NCc1nc(C(C)C)c(C)s1)NC1CCCC1. The van der Waals surface area contributed by atoms with Gasteiger partial charge in [-0.05, 0) is 25.7 Å². The summed E-state index contributed by atoms with van der Waals surface area (Å²) in [6, 6.07) is 0.588. The molecule has 0 amide bonds. The van der Waals surface area contributed by atoms with Gasteiger partial charge in [0.05, 0.1) is 12.2 Å². The zero-order chi connectivity index (χ0) is 14.5. The van der Waals surface area contributed by atoms with E-state index in [4.69, 9.17) is 4.98 Å². The second-order valence-electron chi connectivity index (χ2n) is 5.76. The first-order valence-electron chi connectivity index (χ1n) is 7.53. The van der Waals surface area contributed by atoms with Crippen molar-refractivity contribution in [2.24, 2.45) is 4.99 Å². The highest BCUT2D eigenvalue weighted by Crippen LogP contribution is 2.24. The molecule has 20 heavy (non-hydrogen) atoms. The van der Waals surface area contributed by atoms with Crippen LogP contribution in [-0.2, 0) is 6.54 Å². The van der Waals surface area contributed by atoms with Crippen LogP contribution in [0.2, 0.25) is 0 Å². The first kappa shape index (κ1) is 15.3. The normalized spacial score (nSPS) is 16.9. The first-order chi connectivity index (χ1) is 9.60. The highest BCUT2D eigenvalue weighted by atomic mass is 32.1. The Morgan fingerprint density at radius 1 is 1.40 bits per heavy atom. The van der Waals surface area contributed by atoms with E-state index in [9.17, 15) is 0 Å². The topological polar surface area (TPSA) is 49.3 Å². The van der Waals surface area contributed by atoms with Crippen LogP contribution in [0.25, 0.3) is 0 Å². The fourth-order valence-electron chi connectivity index (χ4n) is 2.69. The van der Waals surface area contributed by atoms with Gasteiger partial charge in [-0.3, -0.25) is 4.99 Å². The number of rotatable bonds is 4. The second kappa shape index (κ2) is 7.07. The van der Waals surface area contributed by atoms with Crippen LogP contribution in [0.5, 0.6) is 0 Å². The maximum Gasteiger partial charge on any atom is 0.191 e. The lowest BCUT2D eigenvalue weighted by molar-refractivity contribution is 0.613. The molecule has 112 valence electrons. The van der Waals surface area contributed by atoms with Crippen molar-refractivity contribution in [1.29, 1.82) is 0 Å². The van der Waals surface area contributed by atoms with Crippen LogP contribution in [0.15, 0.2) is 4.99 Å². The van der Waals surface area contributed by atoms with Gasteiger partial charge in [0.25, 0.3) is 0 Å². The Balaban J connectivity index is 1.88. The summed E-state index contributed by atoms with van der Waals surface area (Å²) < 4.78 is 0. The van der Waals surface area contributed by atoms with E-state index in [1.54, 1.807) is 11.3 Å². The van der Waals surface area contributed by atoms with E-state index in [1.807, 2.05) is 7.05 Å². The van der Waals surface area contributed by atoms with E-state index in [2.05, 4.69) is 36.4 Å². The maximum absolute atomic E-state index is 4.72. The van der Waals surface area contributed by atoms with Gasteiger partial charge in [-0.1, -0.05) is 26.7 Å². The van der Waals surface area contributed by atoms with Crippen LogP contribution in [0, 0.1) is 6.92 Å². The molecule has 5 heteroatoms. The zero-order valence-corrected chi connectivity index (χ0v) is 13.8. The molecule has 0 spiro atoms. The Kier molecular flexibility index (Phi) is 5.40. The second-order valence-corrected chi connectivity index (χ2v) is 7.04. The maximum atomic E-state index is 4.72. The van der Waals surface area contributed by atoms with Crippen LogP contribution in [0.1, 0.15) is 61.0 Å². The standard InChI is InChI=1S/C15H26N4S/c1-10(2)14-11(3)20-13(19-14)9-17-15(16-4)18-12-7-5-6-8-12/h10,12H,5-9H2,1-4H3,(H2,16,17,18). The third kappa shape index (κ3) is 3.95. The van der Waals surface area contributed by atoms with Crippen LogP contribution >= 0.6 is 11.3 Å². The van der Waals surface area contributed by atoms with Crippen molar-refractivity contribution < 1.29 is 0 Å². The van der Waals surface area contributed by atoms with E-state index in [0.29, 0.717) is 12.0 Å². The lowest BCUT2D eigenvalue weighted by Crippen LogP contribution is -2.41. The van der Waals surface area contributed by atoms with Gasteiger partial charge in [0, 0.05) is 18.0 Å². The quantitative estimate of drug-likeness (QED) is 0.662. The minimum absolute atomic E-state index is 0.496. The molecule has 1 heterocycles. The van der Waals surface area contributed by atoms with Gasteiger partial charge in [0.1, 0.15) is 5.01 Å². The van der Waals surface area contributed by atoms with E-state index >= 15 is 0 Å². The number of guanidine groups is 1. The summed E-state index contributed by atoms with van der Waals surface area (Å²) >= 11 is 1.78. The molecule has 0 radical (unpaired) electrons. The smallest absolute Gasteiger partial charge is 0.191 e. The fourth-order valence-corrected chi connectivity index (χ4v) is 3.72. The van der Waals surface area contributed by atoms with Crippen LogP contribution in [0.4, 0.5) is 0 Å². The molecule has 0 atom stereocenters. The third-order valence-electron chi connectivity index (χ3n) is 3.75. The molecule has 1 aliphatic carbocycles. The number of thiazole rings is 1. The van der Waals surface area contributed by atoms with Gasteiger partial charge in [-0.2, -0.15) is 0 Å². The van der Waals surface area contributed by atoms with Crippen molar-refractivity contribution in [3.8, 4) is 0 Å². The summed E-state index contributed by atoms with van der Waals surface area (Å²) in [6.07, 6.45) is 5.18. The molecule has 0 aliphatic heterocycles. The molecule has 1 saturated carbocycles. The predicted octanol–water partition coefficient (Wildman–Crippen LogP) is 3.18. The van der Waals surface area contributed by atoms with Crippen molar-refractivity contribution in [2.45, 2.75) is 65.0 Å². The Morgan fingerprint density at radius 3 is 2.65 bits per heavy atom. The molecule has 0 saturated heterocycles.